The van der Waals surface area contributed by atoms with Crippen LogP contribution in [0.5, 0.6) is 0 Å². The number of fused-ring (bicyclic) bond motifs is 10. The maximum absolute atomic E-state index is 2.63. The van der Waals surface area contributed by atoms with Crippen LogP contribution >= 0.6 is 0 Å². The molecule has 0 fully saturated rings. The van der Waals surface area contributed by atoms with Crippen LogP contribution in [0, 0.1) is 55.4 Å². The van der Waals surface area contributed by atoms with Gasteiger partial charge in [0.1, 0.15) is 0 Å². The Morgan fingerprint density at radius 1 is 0.200 bits per heavy atom. The van der Waals surface area contributed by atoms with Crippen LogP contribution in [0.15, 0.2) is 267 Å². The van der Waals surface area contributed by atoms with Crippen molar-refractivity contribution in [2.45, 2.75) is 78.6 Å². The first-order valence-corrected chi connectivity index (χ1v) is 30.3. The zero-order valence-electron chi connectivity index (χ0n) is 50.1. The Kier molecular flexibility index (Phi) is 13.6. The van der Waals surface area contributed by atoms with Crippen molar-refractivity contribution in [2.24, 2.45) is 0 Å². The van der Waals surface area contributed by atoms with E-state index in [-0.39, 0.29) is 17.8 Å². The summed E-state index contributed by atoms with van der Waals surface area (Å²) >= 11 is 0. The molecule has 0 aliphatic heterocycles. The number of rotatable bonds is 12. The summed E-state index contributed by atoms with van der Waals surface area (Å²) in [5.74, 6) is -0.0436. The molecule has 2 aliphatic rings. The van der Waals surface area contributed by atoms with E-state index in [0.717, 1.165) is 17.1 Å². The van der Waals surface area contributed by atoms with Crippen LogP contribution in [-0.2, 0) is 5.41 Å². The Bertz CT molecular complexity index is 3670. The molecule has 0 bridgehead atoms. The summed E-state index contributed by atoms with van der Waals surface area (Å²) in [7, 11) is 0. The molecule has 1 heteroatoms. The van der Waals surface area contributed by atoms with Crippen LogP contribution < -0.4 is 4.90 Å². The fourth-order valence-corrected chi connectivity index (χ4v) is 14.1. The van der Waals surface area contributed by atoms with Gasteiger partial charge < -0.3 is 4.90 Å². The molecule has 1 nitrogen and oxygen atoms in total. The van der Waals surface area contributed by atoms with Crippen LogP contribution in [0.4, 0.5) is 17.1 Å². The largest absolute Gasteiger partial charge is 0.310 e. The lowest BCUT2D eigenvalue weighted by molar-refractivity contribution is 0.782. The van der Waals surface area contributed by atoms with Gasteiger partial charge in [0.15, 0.2) is 0 Å². The number of hydrogen-bond acceptors (Lipinski definition) is 1. The Labute approximate surface area is 503 Å². The highest BCUT2D eigenvalue weighted by Gasteiger charge is 2.53. The van der Waals surface area contributed by atoms with Crippen LogP contribution in [0.2, 0.25) is 0 Å². The van der Waals surface area contributed by atoms with Crippen LogP contribution in [0.3, 0.4) is 0 Å². The maximum atomic E-state index is 2.63. The molecule has 412 valence electrons. The van der Waals surface area contributed by atoms with E-state index in [0.29, 0.717) is 0 Å². The molecule has 0 saturated heterocycles. The summed E-state index contributed by atoms with van der Waals surface area (Å²) in [5.41, 5.74) is 34.4. The predicted molar refractivity (Wildman–Crippen MR) is 357 cm³/mol. The SMILES string of the molecule is Cc1ccc(C(c2ccc(C)cc2)c2ccc3c(c2)C2(c4cc(C(c5ccc(C)cc5)c5ccc(C)cc5)ccc4-3)c3cc(C(c4ccc(C)cc4)c4ccc(C)cc4)ccc3-c3ccc(N(c4ccc(C)cc4)c4ccc(C)cc4)cc32)cc1. The zero-order chi connectivity index (χ0) is 58.1. The maximum Gasteiger partial charge on any atom is 0.0726 e. The summed E-state index contributed by atoms with van der Waals surface area (Å²) in [6, 6.07) is 104. The molecular formula is C84H71N. The van der Waals surface area contributed by atoms with Crippen LogP contribution in [-0.4, -0.2) is 0 Å². The van der Waals surface area contributed by atoms with Crippen molar-refractivity contribution in [3.8, 4) is 22.3 Å². The van der Waals surface area contributed by atoms with Gasteiger partial charge in [-0.1, -0.05) is 275 Å². The predicted octanol–water partition coefficient (Wildman–Crippen LogP) is 21.5. The fourth-order valence-electron chi connectivity index (χ4n) is 14.1. The molecule has 12 aromatic carbocycles. The molecule has 0 atom stereocenters. The Morgan fingerprint density at radius 3 is 0.635 bits per heavy atom. The highest BCUT2D eigenvalue weighted by Crippen LogP contribution is 2.65. The summed E-state index contributed by atoms with van der Waals surface area (Å²) in [6.07, 6.45) is 0. The number of nitrogens with zero attached hydrogens (tertiary/aromatic N) is 1. The monoisotopic (exact) mass is 1090 g/mol. The second-order valence-corrected chi connectivity index (χ2v) is 24.7. The van der Waals surface area contributed by atoms with E-state index in [1.807, 2.05) is 0 Å². The first-order valence-electron chi connectivity index (χ1n) is 30.3. The van der Waals surface area contributed by atoms with Gasteiger partial charge in [-0.05, 0) is 186 Å². The smallest absolute Gasteiger partial charge is 0.0726 e. The van der Waals surface area contributed by atoms with Gasteiger partial charge in [0, 0.05) is 34.8 Å². The number of anilines is 3. The molecule has 0 N–H and O–H groups in total. The van der Waals surface area contributed by atoms with Gasteiger partial charge in [0.2, 0.25) is 0 Å². The van der Waals surface area contributed by atoms with E-state index < -0.39 is 5.41 Å². The quantitative estimate of drug-likeness (QED) is 0.110. The molecule has 85 heavy (non-hydrogen) atoms. The molecule has 0 heterocycles. The van der Waals surface area contributed by atoms with Crippen molar-refractivity contribution < 1.29 is 0 Å². The average Bonchev–Trinajstić information content (AvgIpc) is 1.63. The average molecular weight is 1090 g/mol. The van der Waals surface area contributed by atoms with Gasteiger partial charge in [-0.15, -0.1) is 0 Å². The zero-order valence-corrected chi connectivity index (χ0v) is 50.1. The van der Waals surface area contributed by atoms with Crippen molar-refractivity contribution in [3.05, 3.63) is 384 Å². The van der Waals surface area contributed by atoms with Gasteiger partial charge >= 0.3 is 0 Å². The summed E-state index contributed by atoms with van der Waals surface area (Å²) in [6.45, 7) is 17.5. The Hall–Kier alpha value is -9.56. The minimum atomic E-state index is -0.763. The lowest BCUT2D eigenvalue weighted by atomic mass is 9.68. The van der Waals surface area contributed by atoms with Crippen molar-refractivity contribution in [1.82, 2.24) is 0 Å². The van der Waals surface area contributed by atoms with E-state index >= 15 is 0 Å². The Morgan fingerprint density at radius 2 is 0.388 bits per heavy atom. The van der Waals surface area contributed by atoms with E-state index in [9.17, 15) is 0 Å². The van der Waals surface area contributed by atoms with E-state index in [1.54, 1.807) is 0 Å². The number of hydrogen-bond donors (Lipinski definition) is 0. The lowest BCUT2D eigenvalue weighted by Gasteiger charge is -2.34. The topological polar surface area (TPSA) is 3.24 Å². The van der Waals surface area contributed by atoms with Crippen LogP contribution in [0.25, 0.3) is 22.3 Å². The molecule has 0 aromatic heterocycles. The molecule has 0 unspecified atom stereocenters. The number of aryl methyl sites for hydroxylation is 8. The molecule has 12 aromatic rings. The highest BCUT2D eigenvalue weighted by atomic mass is 15.1. The van der Waals surface area contributed by atoms with Crippen molar-refractivity contribution in [2.75, 3.05) is 4.90 Å². The molecule has 2 aliphatic carbocycles. The standard InChI is InChI=1S/C84H71N/c1-53-9-25-61(26-10-53)81(62-27-11-54(2)12-28-62)67-37-45-73-74-46-38-68(82(63-29-13-55(3)14-30-63)64-31-15-56(4)16-32-64)50-78(74)84(77(73)49-67)79-51-69(83(65-33-17-57(5)18-34-65)66-35-19-58(6)20-36-66)39-47-75(79)76-48-44-72(52-80(76)84)85(70-40-21-59(7)22-41-70)71-42-23-60(8)24-43-71/h9-52,81-83H,1-8H3. The van der Waals surface area contributed by atoms with E-state index in [4.69, 9.17) is 0 Å². The van der Waals surface area contributed by atoms with Gasteiger partial charge in [-0.2, -0.15) is 0 Å². The molecule has 0 radical (unpaired) electrons. The molecular weight excluding hydrogens is 1020 g/mol. The molecule has 0 amide bonds. The third-order valence-electron chi connectivity index (χ3n) is 18.6. The lowest BCUT2D eigenvalue weighted by Crippen LogP contribution is -2.27. The third-order valence-corrected chi connectivity index (χ3v) is 18.6. The number of benzene rings is 12. The fraction of sp³-hybridized carbons (Fsp3) is 0.143. The van der Waals surface area contributed by atoms with Crippen molar-refractivity contribution in [1.29, 1.82) is 0 Å². The highest BCUT2D eigenvalue weighted by molar-refractivity contribution is 5.97. The second kappa shape index (κ2) is 21.6. The summed E-state index contributed by atoms with van der Waals surface area (Å²) in [5, 5.41) is 0. The first-order chi connectivity index (χ1) is 41.4. The second-order valence-electron chi connectivity index (χ2n) is 24.7. The van der Waals surface area contributed by atoms with Crippen molar-refractivity contribution in [3.63, 3.8) is 0 Å². The normalized spacial score (nSPS) is 12.6. The minimum Gasteiger partial charge on any atom is -0.310 e. The van der Waals surface area contributed by atoms with Gasteiger partial charge in [-0.3, -0.25) is 0 Å². The van der Waals surface area contributed by atoms with E-state index in [1.165, 1.54) is 139 Å². The molecule has 14 rings (SSSR count). The summed E-state index contributed by atoms with van der Waals surface area (Å²) in [4.78, 5) is 2.46. The van der Waals surface area contributed by atoms with Gasteiger partial charge in [0.05, 0.1) is 5.41 Å². The van der Waals surface area contributed by atoms with Gasteiger partial charge in [0.25, 0.3) is 0 Å². The minimum absolute atomic E-state index is 0.0145. The van der Waals surface area contributed by atoms with Crippen LogP contribution in [0.1, 0.15) is 135 Å². The third kappa shape index (κ3) is 9.53. The summed E-state index contributed by atoms with van der Waals surface area (Å²) < 4.78 is 0. The van der Waals surface area contributed by atoms with Crippen molar-refractivity contribution >= 4 is 17.1 Å². The first kappa shape index (κ1) is 53.4. The van der Waals surface area contributed by atoms with Gasteiger partial charge in [-0.25, -0.2) is 0 Å². The molecule has 1 spiro atoms. The van der Waals surface area contributed by atoms with E-state index in [2.05, 4.69) is 327 Å². The Balaban J connectivity index is 1.10. The molecule has 0 saturated carbocycles.